The summed E-state index contributed by atoms with van der Waals surface area (Å²) in [5, 5.41) is 3.67. The molecule has 2 aromatic heterocycles. The second-order valence-electron chi connectivity index (χ2n) is 3.48. The number of nitrogens with zero attached hydrogens (tertiary/aromatic N) is 4. The van der Waals surface area contributed by atoms with Gasteiger partial charge in [-0.2, -0.15) is 18.3 Å². The van der Waals surface area contributed by atoms with Crippen LogP contribution in [0.15, 0.2) is 18.3 Å². The maximum atomic E-state index is 12.5. The molecule has 0 aliphatic heterocycles. The van der Waals surface area contributed by atoms with E-state index in [0.29, 0.717) is 0 Å². The van der Waals surface area contributed by atoms with Crippen LogP contribution in [0.1, 0.15) is 16.3 Å². The van der Waals surface area contributed by atoms with Gasteiger partial charge in [0.15, 0.2) is 5.82 Å². The number of rotatable bonds is 2. The molecule has 0 fully saturated rings. The first-order valence-corrected chi connectivity index (χ1v) is 4.85. The number of primary amides is 1. The molecule has 4 N–H and O–H groups in total. The molecule has 2 heterocycles. The number of alkyl halides is 3. The number of hydrogen-bond acceptors (Lipinski definition) is 5. The van der Waals surface area contributed by atoms with Gasteiger partial charge in [0.25, 0.3) is 5.91 Å². The number of anilines is 1. The molecular formula is C9H7F3N6O. The fraction of sp³-hybridized carbons (Fsp3) is 0.111. The van der Waals surface area contributed by atoms with Crippen LogP contribution in [-0.2, 0) is 6.18 Å². The van der Waals surface area contributed by atoms with Crippen molar-refractivity contribution in [1.29, 1.82) is 0 Å². The van der Waals surface area contributed by atoms with Crippen molar-refractivity contribution in [2.75, 3.05) is 5.73 Å². The molecule has 2 aromatic rings. The van der Waals surface area contributed by atoms with Crippen molar-refractivity contribution in [1.82, 2.24) is 19.7 Å². The number of hydrogen-bond donors (Lipinski definition) is 2. The lowest BCUT2D eigenvalue weighted by molar-refractivity contribution is -0.144. The Bertz CT molecular complexity index is 635. The Kier molecular flexibility index (Phi) is 2.85. The molecule has 0 aromatic carbocycles. The predicted molar refractivity (Wildman–Crippen MR) is 57.1 cm³/mol. The van der Waals surface area contributed by atoms with E-state index in [1.165, 1.54) is 12.3 Å². The molecule has 19 heavy (non-hydrogen) atoms. The van der Waals surface area contributed by atoms with E-state index in [0.717, 1.165) is 10.7 Å². The summed E-state index contributed by atoms with van der Waals surface area (Å²) in [4.78, 5) is 17.2. The lowest BCUT2D eigenvalue weighted by Gasteiger charge is -2.08. The van der Waals surface area contributed by atoms with Gasteiger partial charge in [-0.1, -0.05) is 0 Å². The van der Waals surface area contributed by atoms with Gasteiger partial charge in [0.05, 0.1) is 0 Å². The Hall–Kier alpha value is -2.65. The summed E-state index contributed by atoms with van der Waals surface area (Å²) < 4.78 is 38.5. The second kappa shape index (κ2) is 4.23. The molecule has 0 saturated heterocycles. The van der Waals surface area contributed by atoms with Crippen LogP contribution in [0.4, 0.5) is 19.0 Å². The monoisotopic (exact) mass is 272 g/mol. The van der Waals surface area contributed by atoms with Gasteiger partial charge >= 0.3 is 6.18 Å². The van der Waals surface area contributed by atoms with Crippen molar-refractivity contribution in [2.45, 2.75) is 6.18 Å². The van der Waals surface area contributed by atoms with Crippen LogP contribution < -0.4 is 11.5 Å². The fourth-order valence-corrected chi connectivity index (χ4v) is 1.28. The molecule has 0 atom stereocenters. The lowest BCUT2D eigenvalue weighted by atomic mass is 10.4. The van der Waals surface area contributed by atoms with E-state index in [-0.39, 0.29) is 17.3 Å². The summed E-state index contributed by atoms with van der Waals surface area (Å²) in [5.74, 6) is -2.78. The number of carbonyl (C=O) groups excluding carboxylic acids is 1. The van der Waals surface area contributed by atoms with Crippen molar-refractivity contribution in [2.24, 2.45) is 5.73 Å². The molecule has 0 saturated carbocycles. The number of halogens is 3. The third kappa shape index (κ3) is 2.61. The van der Waals surface area contributed by atoms with Gasteiger partial charge in [0.2, 0.25) is 5.82 Å². The Morgan fingerprint density at radius 2 is 2.00 bits per heavy atom. The van der Waals surface area contributed by atoms with E-state index >= 15 is 0 Å². The minimum atomic E-state index is -4.73. The van der Waals surface area contributed by atoms with E-state index < -0.39 is 17.9 Å². The number of aromatic nitrogens is 4. The highest BCUT2D eigenvalue weighted by Gasteiger charge is 2.35. The van der Waals surface area contributed by atoms with Crippen LogP contribution in [0.2, 0.25) is 0 Å². The topological polar surface area (TPSA) is 113 Å². The highest BCUT2D eigenvalue weighted by atomic mass is 19.4. The highest BCUT2D eigenvalue weighted by molar-refractivity contribution is 5.90. The minimum Gasteiger partial charge on any atom is -0.384 e. The van der Waals surface area contributed by atoms with Crippen LogP contribution in [0.3, 0.4) is 0 Å². The first-order chi connectivity index (χ1) is 8.77. The Labute approximate surface area is 104 Å². The van der Waals surface area contributed by atoms with Crippen molar-refractivity contribution in [3.8, 4) is 5.82 Å². The van der Waals surface area contributed by atoms with Gasteiger partial charge in [-0.25, -0.2) is 14.6 Å². The van der Waals surface area contributed by atoms with Crippen LogP contribution in [0, 0.1) is 0 Å². The molecule has 0 spiro atoms. The first kappa shape index (κ1) is 12.8. The largest absolute Gasteiger partial charge is 0.451 e. The normalized spacial score (nSPS) is 11.5. The zero-order valence-corrected chi connectivity index (χ0v) is 9.22. The maximum Gasteiger partial charge on any atom is 0.451 e. The van der Waals surface area contributed by atoms with Crippen LogP contribution in [0.25, 0.3) is 5.82 Å². The minimum absolute atomic E-state index is 0.106. The molecule has 0 aliphatic carbocycles. The third-order valence-corrected chi connectivity index (χ3v) is 2.06. The smallest absolute Gasteiger partial charge is 0.384 e. The van der Waals surface area contributed by atoms with Crippen molar-refractivity contribution in [3.05, 3.63) is 29.8 Å². The summed E-state index contributed by atoms with van der Waals surface area (Å²) in [6, 6.07) is 2.33. The summed E-state index contributed by atoms with van der Waals surface area (Å²) in [6.07, 6.45) is -3.49. The Balaban J connectivity index is 2.50. The molecule has 100 valence electrons. The van der Waals surface area contributed by atoms with E-state index in [1.54, 1.807) is 0 Å². The van der Waals surface area contributed by atoms with Crippen molar-refractivity contribution in [3.63, 3.8) is 0 Å². The van der Waals surface area contributed by atoms with Crippen LogP contribution in [-0.4, -0.2) is 25.7 Å². The highest BCUT2D eigenvalue weighted by Crippen LogP contribution is 2.27. The second-order valence-corrected chi connectivity index (χ2v) is 3.48. The van der Waals surface area contributed by atoms with Crippen molar-refractivity contribution < 1.29 is 18.0 Å². The standard InChI is InChI=1S/C9H7F3N6O/c10-9(11,12)8-15-5(13)3-6(16-8)18-2-1-4(17-18)7(14)19/h1-3H,(H2,14,19)(H2,13,15,16). The quantitative estimate of drug-likeness (QED) is 0.819. The van der Waals surface area contributed by atoms with Crippen LogP contribution in [0.5, 0.6) is 0 Å². The average molecular weight is 272 g/mol. The number of nitrogens with two attached hydrogens (primary N) is 2. The molecule has 0 unspecified atom stereocenters. The molecule has 0 aliphatic rings. The average Bonchev–Trinajstić information content (AvgIpc) is 2.76. The summed E-state index contributed by atoms with van der Waals surface area (Å²) in [7, 11) is 0. The SMILES string of the molecule is NC(=O)c1ccn(-c2cc(N)nc(C(F)(F)F)n2)n1. The zero-order chi connectivity index (χ0) is 14.2. The molecule has 2 rings (SSSR count). The molecular weight excluding hydrogens is 265 g/mol. The molecule has 1 amide bonds. The Morgan fingerprint density at radius 3 is 2.53 bits per heavy atom. The molecule has 7 nitrogen and oxygen atoms in total. The van der Waals surface area contributed by atoms with Gasteiger partial charge in [-0.3, -0.25) is 4.79 Å². The number of amides is 1. The zero-order valence-electron chi connectivity index (χ0n) is 9.22. The molecule has 10 heteroatoms. The van der Waals surface area contributed by atoms with E-state index in [1.807, 2.05) is 0 Å². The molecule has 0 radical (unpaired) electrons. The molecule has 0 bridgehead atoms. The Morgan fingerprint density at radius 1 is 1.32 bits per heavy atom. The lowest BCUT2D eigenvalue weighted by Crippen LogP contribution is -2.16. The van der Waals surface area contributed by atoms with Gasteiger partial charge in [-0.15, -0.1) is 0 Å². The van der Waals surface area contributed by atoms with Gasteiger partial charge in [-0.05, 0) is 6.07 Å². The maximum absolute atomic E-state index is 12.5. The fourth-order valence-electron chi connectivity index (χ4n) is 1.28. The first-order valence-electron chi connectivity index (χ1n) is 4.85. The van der Waals surface area contributed by atoms with E-state index in [2.05, 4.69) is 15.1 Å². The van der Waals surface area contributed by atoms with Gasteiger partial charge in [0.1, 0.15) is 11.5 Å². The predicted octanol–water partition coefficient (Wildman–Crippen LogP) is 0.362. The van der Waals surface area contributed by atoms with Gasteiger partial charge in [0, 0.05) is 12.3 Å². The summed E-state index contributed by atoms with van der Waals surface area (Å²) in [6.45, 7) is 0. The van der Waals surface area contributed by atoms with Crippen LogP contribution >= 0.6 is 0 Å². The number of nitrogen functional groups attached to an aromatic ring is 1. The number of carbonyl (C=O) groups is 1. The van der Waals surface area contributed by atoms with Crippen molar-refractivity contribution >= 4 is 11.7 Å². The van der Waals surface area contributed by atoms with Gasteiger partial charge < -0.3 is 11.5 Å². The summed E-state index contributed by atoms with van der Waals surface area (Å²) in [5.41, 5.74) is 10.2. The third-order valence-electron chi connectivity index (χ3n) is 2.06. The summed E-state index contributed by atoms with van der Waals surface area (Å²) >= 11 is 0. The van der Waals surface area contributed by atoms with E-state index in [4.69, 9.17) is 11.5 Å². The van der Waals surface area contributed by atoms with E-state index in [9.17, 15) is 18.0 Å².